The highest BCUT2D eigenvalue weighted by Gasteiger charge is 2.35. The summed E-state index contributed by atoms with van der Waals surface area (Å²) in [5, 5.41) is 1.15. The van der Waals surface area contributed by atoms with Gasteiger partial charge in [0.15, 0.2) is 17.2 Å². The van der Waals surface area contributed by atoms with Crippen molar-refractivity contribution in [2.75, 3.05) is 13.9 Å². The Balaban J connectivity index is 1.64. The lowest BCUT2D eigenvalue weighted by Gasteiger charge is -2.28. The molecule has 1 N–H and O–H groups in total. The molecule has 30 heavy (non-hydrogen) atoms. The van der Waals surface area contributed by atoms with Crippen molar-refractivity contribution in [3.05, 3.63) is 76.5 Å². The molecule has 2 aliphatic heterocycles. The molecule has 0 radical (unpaired) electrons. The number of fused-ring (bicyclic) bond motifs is 5. The van der Waals surface area contributed by atoms with Crippen LogP contribution in [0.3, 0.4) is 0 Å². The molecular formula is C23H19N3O4. The van der Waals surface area contributed by atoms with E-state index in [0.29, 0.717) is 12.1 Å². The molecule has 0 aliphatic carbocycles. The van der Waals surface area contributed by atoms with Gasteiger partial charge in [-0.05, 0) is 36.2 Å². The third-order valence-corrected chi connectivity index (χ3v) is 6.00. The highest BCUT2D eigenvalue weighted by atomic mass is 16.7. The van der Waals surface area contributed by atoms with Crippen molar-refractivity contribution >= 4 is 16.9 Å². The third-order valence-electron chi connectivity index (χ3n) is 6.00. The maximum absolute atomic E-state index is 12.5. The lowest BCUT2D eigenvalue weighted by Crippen LogP contribution is -2.23. The first kappa shape index (κ1) is 17.1. The van der Waals surface area contributed by atoms with Crippen LogP contribution in [0.15, 0.2) is 42.5 Å². The van der Waals surface area contributed by atoms with Gasteiger partial charge in [-0.3, -0.25) is 0 Å². The van der Waals surface area contributed by atoms with Crippen LogP contribution < -0.4 is 9.47 Å². The van der Waals surface area contributed by atoms with Gasteiger partial charge in [-0.1, -0.05) is 24.3 Å². The number of H-pyrrole nitrogens is 1. The first-order valence-corrected chi connectivity index (χ1v) is 9.80. The second-order valence-corrected chi connectivity index (χ2v) is 7.57. The summed E-state index contributed by atoms with van der Waals surface area (Å²) in [6.45, 7) is 2.15. The Morgan fingerprint density at radius 1 is 1.20 bits per heavy atom. The van der Waals surface area contributed by atoms with Crippen molar-refractivity contribution in [3.63, 3.8) is 0 Å². The van der Waals surface area contributed by atoms with Crippen LogP contribution in [0.1, 0.15) is 44.9 Å². The first-order valence-electron chi connectivity index (χ1n) is 9.80. The molecule has 4 aromatic rings. The Hall–Kier alpha value is -3.74. The Bertz CT molecular complexity index is 1330. The van der Waals surface area contributed by atoms with Gasteiger partial charge in [0, 0.05) is 23.0 Å². The van der Waals surface area contributed by atoms with Crippen molar-refractivity contribution in [2.24, 2.45) is 0 Å². The van der Waals surface area contributed by atoms with Gasteiger partial charge in [0.1, 0.15) is 11.9 Å². The van der Waals surface area contributed by atoms with Gasteiger partial charge in [-0.2, -0.15) is 0 Å². The predicted molar refractivity (Wildman–Crippen MR) is 109 cm³/mol. The zero-order chi connectivity index (χ0) is 20.4. The number of para-hydroxylation sites is 1. The maximum atomic E-state index is 12.5. The van der Waals surface area contributed by atoms with E-state index in [0.717, 1.165) is 45.2 Å². The molecule has 1 atom stereocenters. The number of hydrogen-bond donors (Lipinski definition) is 1. The number of rotatable bonds is 2. The van der Waals surface area contributed by atoms with Gasteiger partial charge < -0.3 is 23.8 Å². The number of methoxy groups -OCH3 is 1. The fraction of sp³-hybridized carbons (Fsp3) is 0.217. The highest BCUT2D eigenvalue weighted by molar-refractivity contribution is 5.90. The van der Waals surface area contributed by atoms with Crippen LogP contribution in [0.5, 0.6) is 11.5 Å². The first-order chi connectivity index (χ1) is 14.7. The number of esters is 1. The number of ether oxygens (including phenoxy) is 3. The molecule has 0 saturated carbocycles. The molecule has 6 rings (SSSR count). The quantitative estimate of drug-likeness (QED) is 0.456. The monoisotopic (exact) mass is 401 g/mol. The Labute approximate surface area is 172 Å². The summed E-state index contributed by atoms with van der Waals surface area (Å²) < 4.78 is 18.3. The lowest BCUT2D eigenvalue weighted by molar-refractivity contribution is 0.0593. The summed E-state index contributed by atoms with van der Waals surface area (Å²) in [6, 6.07) is 14.0. The zero-order valence-electron chi connectivity index (χ0n) is 16.6. The van der Waals surface area contributed by atoms with Crippen LogP contribution in [0.4, 0.5) is 0 Å². The van der Waals surface area contributed by atoms with Crippen molar-refractivity contribution in [3.8, 4) is 11.5 Å². The van der Waals surface area contributed by atoms with Crippen molar-refractivity contribution in [1.29, 1.82) is 0 Å². The number of imidazole rings is 1. The van der Waals surface area contributed by atoms with Gasteiger partial charge in [0.2, 0.25) is 6.79 Å². The van der Waals surface area contributed by atoms with Crippen LogP contribution in [-0.2, 0) is 11.2 Å². The van der Waals surface area contributed by atoms with Gasteiger partial charge >= 0.3 is 5.97 Å². The summed E-state index contributed by atoms with van der Waals surface area (Å²) >= 11 is 0. The number of benzene rings is 2. The van der Waals surface area contributed by atoms with Gasteiger partial charge in [0.25, 0.3) is 0 Å². The molecule has 0 bridgehead atoms. The molecule has 7 nitrogen and oxygen atoms in total. The molecule has 2 aromatic carbocycles. The maximum Gasteiger partial charge on any atom is 0.358 e. The van der Waals surface area contributed by atoms with Crippen LogP contribution in [0, 0.1) is 6.92 Å². The predicted octanol–water partition coefficient (Wildman–Crippen LogP) is 3.73. The topological polar surface area (TPSA) is 78.4 Å². The van der Waals surface area contributed by atoms with E-state index < -0.39 is 5.97 Å². The second-order valence-electron chi connectivity index (χ2n) is 7.57. The van der Waals surface area contributed by atoms with Crippen molar-refractivity contribution in [1.82, 2.24) is 14.5 Å². The minimum atomic E-state index is -0.417. The standard InChI is InChI=1S/C23H19N3O4/c1-12-24-21(23(27)28-2)17-10-15-14-5-3-4-6-16(14)25-20(15)22(26(12)17)13-7-8-18-19(9-13)30-11-29-18/h3-9,22,25H,10-11H2,1-2H3/t22-/m1/s1. The number of aromatic amines is 1. The zero-order valence-corrected chi connectivity index (χ0v) is 16.6. The van der Waals surface area contributed by atoms with Crippen LogP contribution in [0.2, 0.25) is 0 Å². The summed E-state index contributed by atoms with van der Waals surface area (Å²) in [5.41, 5.74) is 5.61. The molecule has 0 saturated heterocycles. The van der Waals surface area contributed by atoms with Crippen LogP contribution in [-0.4, -0.2) is 34.4 Å². The molecule has 7 heteroatoms. The van der Waals surface area contributed by atoms with E-state index in [1.165, 1.54) is 12.7 Å². The van der Waals surface area contributed by atoms with E-state index >= 15 is 0 Å². The minimum Gasteiger partial charge on any atom is -0.464 e. The fourth-order valence-electron chi connectivity index (χ4n) is 4.70. The van der Waals surface area contributed by atoms with E-state index in [1.807, 2.05) is 37.3 Å². The number of nitrogens with one attached hydrogen (secondary N) is 1. The van der Waals surface area contributed by atoms with E-state index in [-0.39, 0.29) is 12.8 Å². The molecule has 4 heterocycles. The third kappa shape index (κ3) is 2.26. The van der Waals surface area contributed by atoms with E-state index in [1.54, 1.807) is 0 Å². The lowest BCUT2D eigenvalue weighted by atomic mass is 9.92. The normalized spacial score (nSPS) is 16.4. The Morgan fingerprint density at radius 2 is 2.03 bits per heavy atom. The van der Waals surface area contributed by atoms with Gasteiger partial charge in [-0.15, -0.1) is 0 Å². The van der Waals surface area contributed by atoms with E-state index in [9.17, 15) is 4.79 Å². The molecular weight excluding hydrogens is 382 g/mol. The molecule has 2 aromatic heterocycles. The number of aryl methyl sites for hydroxylation is 1. The number of nitrogens with zero attached hydrogens (tertiary/aromatic N) is 2. The summed E-state index contributed by atoms with van der Waals surface area (Å²) in [4.78, 5) is 20.7. The second kappa shape index (κ2) is 6.13. The Morgan fingerprint density at radius 3 is 2.90 bits per heavy atom. The molecule has 150 valence electrons. The van der Waals surface area contributed by atoms with Crippen molar-refractivity contribution < 1.29 is 19.0 Å². The highest BCUT2D eigenvalue weighted by Crippen LogP contribution is 2.43. The number of aromatic nitrogens is 3. The summed E-state index contributed by atoms with van der Waals surface area (Å²) in [7, 11) is 1.39. The molecule has 0 amide bonds. The smallest absolute Gasteiger partial charge is 0.358 e. The minimum absolute atomic E-state index is 0.170. The average Bonchev–Trinajstić information content (AvgIpc) is 3.47. The number of carbonyl (C=O) groups is 1. The van der Waals surface area contributed by atoms with Gasteiger partial charge in [-0.25, -0.2) is 9.78 Å². The molecule has 0 fully saturated rings. The SMILES string of the molecule is COC(=O)c1nc(C)n2c1Cc1c([nH]c3ccccc13)[C@H]2c1ccc2c(c1)OCO2. The van der Waals surface area contributed by atoms with E-state index in [4.69, 9.17) is 14.2 Å². The van der Waals surface area contributed by atoms with Crippen LogP contribution >= 0.6 is 0 Å². The van der Waals surface area contributed by atoms with E-state index in [2.05, 4.69) is 26.7 Å². The number of hydrogen-bond acceptors (Lipinski definition) is 5. The largest absolute Gasteiger partial charge is 0.464 e. The van der Waals surface area contributed by atoms with Crippen molar-refractivity contribution in [2.45, 2.75) is 19.4 Å². The summed E-state index contributed by atoms with van der Waals surface area (Å²) in [6.07, 6.45) is 0.603. The molecule has 0 unspecified atom stereocenters. The average molecular weight is 401 g/mol. The number of carbonyl (C=O) groups excluding carboxylic acids is 1. The Kier molecular flexibility index (Phi) is 3.50. The molecule has 2 aliphatic rings. The van der Waals surface area contributed by atoms with Gasteiger partial charge in [0.05, 0.1) is 12.8 Å². The summed E-state index contributed by atoms with van der Waals surface area (Å²) in [5.74, 6) is 1.81. The van der Waals surface area contributed by atoms with Crippen LogP contribution in [0.25, 0.3) is 10.9 Å². The molecule has 0 spiro atoms. The fourth-order valence-corrected chi connectivity index (χ4v) is 4.70.